The third-order valence-corrected chi connectivity index (χ3v) is 5.30. The van der Waals surface area contributed by atoms with Crippen LogP contribution < -0.4 is 4.74 Å². The number of hydrogen-bond donors (Lipinski definition) is 1. The van der Waals surface area contributed by atoms with Crippen molar-refractivity contribution in [2.75, 3.05) is 0 Å². The van der Waals surface area contributed by atoms with Crippen molar-refractivity contribution in [3.63, 3.8) is 0 Å². The third-order valence-electron chi connectivity index (χ3n) is 5.30. The summed E-state index contributed by atoms with van der Waals surface area (Å²) in [4.78, 5) is 24.5. The lowest BCUT2D eigenvalue weighted by Gasteiger charge is -2.24. The molecule has 27 heavy (non-hydrogen) atoms. The Morgan fingerprint density at radius 1 is 0.963 bits per heavy atom. The summed E-state index contributed by atoms with van der Waals surface area (Å²) < 4.78 is 5.91. The number of aryl methyl sites for hydroxylation is 1. The molecule has 4 nitrogen and oxygen atoms in total. The molecule has 0 bridgehead atoms. The van der Waals surface area contributed by atoms with Gasteiger partial charge in [-0.1, -0.05) is 54.6 Å². The topological polar surface area (TPSA) is 63.6 Å². The molecule has 3 aromatic carbocycles. The number of carboxylic acids is 1. The Kier molecular flexibility index (Phi) is 4.40. The summed E-state index contributed by atoms with van der Waals surface area (Å²) in [5, 5.41) is 13.2. The van der Waals surface area contributed by atoms with E-state index in [1.54, 1.807) is 0 Å². The number of hydrogen-bond acceptors (Lipinski definition) is 3. The van der Waals surface area contributed by atoms with Gasteiger partial charge in [0.1, 0.15) is 5.75 Å². The van der Waals surface area contributed by atoms with Gasteiger partial charge in [0, 0.05) is 10.8 Å². The molecular weight excluding hydrogens is 340 g/mol. The van der Waals surface area contributed by atoms with E-state index < -0.39 is 23.8 Å². The molecule has 3 aromatic rings. The molecule has 0 spiro atoms. The minimum Gasteiger partial charge on any atom is -0.481 e. The lowest BCUT2D eigenvalue weighted by molar-refractivity contribution is -0.152. The summed E-state index contributed by atoms with van der Waals surface area (Å²) in [5.41, 5.74) is 1.01. The first-order valence-electron chi connectivity index (χ1n) is 9.07. The number of benzene rings is 3. The quantitative estimate of drug-likeness (QED) is 0.313. The monoisotopic (exact) mass is 360 g/mol. The van der Waals surface area contributed by atoms with E-state index in [1.165, 1.54) is 0 Å². The van der Waals surface area contributed by atoms with Crippen LogP contribution in [0, 0.1) is 18.8 Å². The average Bonchev–Trinajstić information content (AvgIpc) is 2.67. The van der Waals surface area contributed by atoms with Crippen LogP contribution in [0.4, 0.5) is 0 Å². The van der Waals surface area contributed by atoms with E-state index in [4.69, 9.17) is 4.74 Å². The van der Waals surface area contributed by atoms with E-state index in [0.717, 1.165) is 27.1 Å². The summed E-state index contributed by atoms with van der Waals surface area (Å²) in [7, 11) is 0. The fourth-order valence-electron chi connectivity index (χ4n) is 3.88. The number of esters is 1. The van der Waals surface area contributed by atoms with Gasteiger partial charge in [0.05, 0.1) is 11.8 Å². The van der Waals surface area contributed by atoms with E-state index >= 15 is 0 Å². The molecule has 2 atom stereocenters. The third kappa shape index (κ3) is 3.08. The highest BCUT2D eigenvalue weighted by Gasteiger charge is 2.35. The highest BCUT2D eigenvalue weighted by atomic mass is 16.5. The molecule has 1 N–H and O–H groups in total. The molecule has 2 unspecified atom stereocenters. The Labute approximate surface area is 157 Å². The SMILES string of the molecule is Cc1cccc2cc3ccccc3c(OC(=O)C3CC=CCC3C(=O)O)c12. The van der Waals surface area contributed by atoms with Crippen LogP contribution in [0.15, 0.2) is 60.7 Å². The van der Waals surface area contributed by atoms with E-state index in [-0.39, 0.29) is 0 Å². The van der Waals surface area contributed by atoms with Crippen LogP contribution in [0.25, 0.3) is 21.5 Å². The summed E-state index contributed by atoms with van der Waals surface area (Å²) in [6.07, 6.45) is 4.42. The first-order valence-corrected chi connectivity index (χ1v) is 9.07. The second kappa shape index (κ2) is 6.88. The standard InChI is InChI=1S/C23H20O4/c1-14-7-6-9-16-13-15-8-2-3-10-17(15)21(20(14)16)27-23(26)19-12-5-4-11-18(19)22(24)25/h2-10,13,18-19H,11-12H2,1H3,(H,24,25). The molecule has 0 aromatic heterocycles. The molecule has 1 aliphatic carbocycles. The molecule has 0 heterocycles. The lowest BCUT2D eigenvalue weighted by Crippen LogP contribution is -2.33. The van der Waals surface area contributed by atoms with Gasteiger partial charge in [-0.3, -0.25) is 9.59 Å². The smallest absolute Gasteiger partial charge is 0.315 e. The Bertz CT molecular complexity index is 1080. The largest absolute Gasteiger partial charge is 0.481 e. The van der Waals surface area contributed by atoms with Crippen molar-refractivity contribution in [3.8, 4) is 5.75 Å². The van der Waals surface area contributed by atoms with Gasteiger partial charge in [-0.2, -0.15) is 0 Å². The zero-order valence-electron chi connectivity index (χ0n) is 15.0. The van der Waals surface area contributed by atoms with Crippen LogP contribution in [0.3, 0.4) is 0 Å². The van der Waals surface area contributed by atoms with Gasteiger partial charge in [-0.05, 0) is 42.2 Å². The van der Waals surface area contributed by atoms with E-state index in [0.29, 0.717) is 18.6 Å². The highest BCUT2D eigenvalue weighted by molar-refractivity contribution is 6.07. The summed E-state index contributed by atoms with van der Waals surface area (Å²) in [6.45, 7) is 1.98. The number of ether oxygens (including phenoxy) is 1. The fraction of sp³-hybridized carbons (Fsp3) is 0.217. The number of carbonyl (C=O) groups excluding carboxylic acids is 1. The van der Waals surface area contributed by atoms with Crippen molar-refractivity contribution in [1.29, 1.82) is 0 Å². The molecule has 0 saturated heterocycles. The number of allylic oxidation sites excluding steroid dienone is 2. The van der Waals surface area contributed by atoms with Gasteiger partial charge >= 0.3 is 11.9 Å². The van der Waals surface area contributed by atoms with Gasteiger partial charge in [0.15, 0.2) is 0 Å². The molecule has 0 radical (unpaired) electrons. The van der Waals surface area contributed by atoms with Crippen molar-refractivity contribution in [2.45, 2.75) is 19.8 Å². The number of aliphatic carboxylic acids is 1. The molecular formula is C23H20O4. The molecule has 0 amide bonds. The average molecular weight is 360 g/mol. The van der Waals surface area contributed by atoms with Gasteiger partial charge in [-0.25, -0.2) is 0 Å². The lowest BCUT2D eigenvalue weighted by atomic mass is 9.83. The van der Waals surface area contributed by atoms with E-state index in [2.05, 4.69) is 6.07 Å². The number of carboxylic acid groups (broad SMARTS) is 1. The van der Waals surface area contributed by atoms with Crippen molar-refractivity contribution in [1.82, 2.24) is 0 Å². The van der Waals surface area contributed by atoms with Crippen LogP contribution in [0.5, 0.6) is 5.75 Å². The van der Waals surface area contributed by atoms with E-state index in [1.807, 2.05) is 61.5 Å². The summed E-state index contributed by atoms with van der Waals surface area (Å²) in [5.74, 6) is -2.34. The van der Waals surface area contributed by atoms with Crippen molar-refractivity contribution < 1.29 is 19.4 Å². The van der Waals surface area contributed by atoms with Gasteiger partial charge < -0.3 is 9.84 Å². The Balaban J connectivity index is 1.83. The van der Waals surface area contributed by atoms with Gasteiger partial charge in [-0.15, -0.1) is 0 Å². The highest BCUT2D eigenvalue weighted by Crippen LogP contribution is 2.38. The molecule has 136 valence electrons. The van der Waals surface area contributed by atoms with Crippen molar-refractivity contribution >= 4 is 33.5 Å². The number of fused-ring (bicyclic) bond motifs is 2. The van der Waals surface area contributed by atoms with Crippen LogP contribution in [-0.2, 0) is 9.59 Å². The van der Waals surface area contributed by atoms with Gasteiger partial charge in [0.25, 0.3) is 0 Å². The maximum Gasteiger partial charge on any atom is 0.315 e. The zero-order valence-corrected chi connectivity index (χ0v) is 15.0. The zero-order chi connectivity index (χ0) is 19.0. The van der Waals surface area contributed by atoms with Crippen LogP contribution in [-0.4, -0.2) is 17.0 Å². The second-order valence-corrected chi connectivity index (χ2v) is 7.01. The first-order chi connectivity index (χ1) is 13.1. The number of rotatable bonds is 3. The van der Waals surface area contributed by atoms with Crippen LogP contribution in [0.1, 0.15) is 18.4 Å². The van der Waals surface area contributed by atoms with Crippen LogP contribution in [0.2, 0.25) is 0 Å². The maximum absolute atomic E-state index is 13.0. The van der Waals surface area contributed by atoms with E-state index in [9.17, 15) is 14.7 Å². The Morgan fingerprint density at radius 3 is 2.44 bits per heavy atom. The predicted molar refractivity (Wildman–Crippen MR) is 105 cm³/mol. The molecule has 0 fully saturated rings. The first kappa shape index (κ1) is 17.3. The predicted octanol–water partition coefficient (Wildman–Crippen LogP) is 4.87. The molecule has 0 saturated carbocycles. The molecule has 4 heteroatoms. The summed E-state index contributed by atoms with van der Waals surface area (Å²) in [6, 6.07) is 15.8. The second-order valence-electron chi connectivity index (χ2n) is 7.01. The molecule has 1 aliphatic rings. The molecule has 4 rings (SSSR count). The van der Waals surface area contributed by atoms with Crippen LogP contribution >= 0.6 is 0 Å². The molecule has 0 aliphatic heterocycles. The normalized spacial score (nSPS) is 19.3. The fourth-order valence-corrected chi connectivity index (χ4v) is 3.88. The Hall–Kier alpha value is -3.14. The van der Waals surface area contributed by atoms with Crippen molar-refractivity contribution in [2.24, 2.45) is 11.8 Å². The number of carbonyl (C=O) groups is 2. The Morgan fingerprint density at radius 2 is 1.67 bits per heavy atom. The van der Waals surface area contributed by atoms with Crippen molar-refractivity contribution in [3.05, 3.63) is 66.2 Å². The summed E-state index contributed by atoms with van der Waals surface area (Å²) >= 11 is 0. The maximum atomic E-state index is 13.0. The van der Waals surface area contributed by atoms with Gasteiger partial charge in [0.2, 0.25) is 0 Å². The minimum atomic E-state index is -0.958. The minimum absolute atomic E-state index is 0.352.